The molecule has 21 heavy (non-hydrogen) atoms. The molecule has 0 N–H and O–H groups in total. The van der Waals surface area contributed by atoms with Crippen molar-refractivity contribution < 1.29 is 9.32 Å². The fourth-order valence-electron chi connectivity index (χ4n) is 2.63. The molecule has 0 unspecified atom stereocenters. The van der Waals surface area contributed by atoms with E-state index < -0.39 is 0 Å². The maximum absolute atomic E-state index is 12.5. The summed E-state index contributed by atoms with van der Waals surface area (Å²) in [6.07, 6.45) is 2.93. The molecule has 3 rings (SSSR count). The molecule has 1 fully saturated rings. The van der Waals surface area contributed by atoms with Gasteiger partial charge in [0.15, 0.2) is 5.82 Å². The van der Waals surface area contributed by atoms with Crippen molar-refractivity contribution in [3.8, 4) is 0 Å². The van der Waals surface area contributed by atoms with Crippen LogP contribution in [0, 0.1) is 6.92 Å². The lowest BCUT2D eigenvalue weighted by Gasteiger charge is -2.21. The molecule has 0 aromatic carbocycles. The SMILES string of the molecule is CCc1nc([C@H]2CCCN2C(=O)Cc2csc(C)n2)no1. The zero-order chi connectivity index (χ0) is 14.8. The molecular weight excluding hydrogens is 288 g/mol. The highest BCUT2D eigenvalue weighted by Gasteiger charge is 2.33. The van der Waals surface area contributed by atoms with E-state index in [0.29, 0.717) is 24.6 Å². The lowest BCUT2D eigenvalue weighted by atomic mass is 10.2. The third kappa shape index (κ3) is 2.97. The average Bonchev–Trinajstić information content (AvgIpc) is 3.17. The first-order valence-electron chi connectivity index (χ1n) is 7.20. The third-order valence-electron chi connectivity index (χ3n) is 3.66. The summed E-state index contributed by atoms with van der Waals surface area (Å²) in [6, 6.07) is -0.0544. The minimum absolute atomic E-state index is 0.0544. The molecule has 112 valence electrons. The maximum Gasteiger partial charge on any atom is 0.229 e. The second kappa shape index (κ2) is 5.93. The first-order valence-corrected chi connectivity index (χ1v) is 8.08. The number of aromatic nitrogens is 3. The molecule has 0 aliphatic carbocycles. The van der Waals surface area contributed by atoms with Crippen LogP contribution in [0.2, 0.25) is 0 Å². The van der Waals surface area contributed by atoms with Crippen molar-refractivity contribution in [2.75, 3.05) is 6.54 Å². The van der Waals surface area contributed by atoms with Gasteiger partial charge in [-0.05, 0) is 19.8 Å². The quantitative estimate of drug-likeness (QED) is 0.866. The summed E-state index contributed by atoms with van der Waals surface area (Å²) in [5, 5.41) is 6.95. The van der Waals surface area contributed by atoms with Crippen LogP contribution in [0.1, 0.15) is 48.2 Å². The fourth-order valence-corrected chi connectivity index (χ4v) is 3.24. The molecule has 0 radical (unpaired) electrons. The Morgan fingerprint density at radius 2 is 2.38 bits per heavy atom. The molecular formula is C14H18N4O2S. The van der Waals surface area contributed by atoms with E-state index >= 15 is 0 Å². The predicted octanol–water partition coefficient (Wildman–Crippen LogP) is 2.30. The van der Waals surface area contributed by atoms with Gasteiger partial charge >= 0.3 is 0 Å². The van der Waals surface area contributed by atoms with Crippen LogP contribution in [0.15, 0.2) is 9.90 Å². The van der Waals surface area contributed by atoms with Gasteiger partial charge in [0.25, 0.3) is 0 Å². The molecule has 3 heterocycles. The highest BCUT2D eigenvalue weighted by Crippen LogP contribution is 2.30. The molecule has 0 saturated carbocycles. The van der Waals surface area contributed by atoms with Crippen molar-refractivity contribution in [1.29, 1.82) is 0 Å². The zero-order valence-corrected chi connectivity index (χ0v) is 13.0. The van der Waals surface area contributed by atoms with E-state index in [2.05, 4.69) is 15.1 Å². The number of thiazole rings is 1. The van der Waals surface area contributed by atoms with Crippen molar-refractivity contribution in [2.24, 2.45) is 0 Å². The molecule has 1 atom stereocenters. The standard InChI is InChI=1S/C14H18N4O2S/c1-3-12-16-14(17-20-12)11-5-4-6-18(11)13(19)7-10-8-21-9(2)15-10/h8,11H,3-7H2,1-2H3/t11-/m1/s1. The summed E-state index contributed by atoms with van der Waals surface area (Å²) in [4.78, 5) is 23.1. The number of rotatable bonds is 4. The number of aryl methyl sites for hydroxylation is 2. The van der Waals surface area contributed by atoms with Crippen LogP contribution in [0.4, 0.5) is 0 Å². The Kier molecular flexibility index (Phi) is 4.01. The minimum atomic E-state index is -0.0544. The summed E-state index contributed by atoms with van der Waals surface area (Å²) in [7, 11) is 0. The number of nitrogens with zero attached hydrogens (tertiary/aromatic N) is 4. The van der Waals surface area contributed by atoms with Crippen LogP contribution in [0.25, 0.3) is 0 Å². The van der Waals surface area contributed by atoms with Gasteiger partial charge < -0.3 is 9.42 Å². The van der Waals surface area contributed by atoms with Gasteiger partial charge in [-0.2, -0.15) is 4.98 Å². The Balaban J connectivity index is 1.72. The van der Waals surface area contributed by atoms with Crippen LogP contribution in [0.5, 0.6) is 0 Å². The van der Waals surface area contributed by atoms with Crippen LogP contribution < -0.4 is 0 Å². The van der Waals surface area contributed by atoms with Gasteiger partial charge in [0.1, 0.15) is 0 Å². The van der Waals surface area contributed by atoms with Crippen LogP contribution in [0.3, 0.4) is 0 Å². The first kappa shape index (κ1) is 14.2. The normalized spacial score (nSPS) is 18.4. The number of amides is 1. The third-order valence-corrected chi connectivity index (χ3v) is 4.48. The van der Waals surface area contributed by atoms with Gasteiger partial charge in [-0.3, -0.25) is 4.79 Å². The maximum atomic E-state index is 12.5. The molecule has 0 spiro atoms. The predicted molar refractivity (Wildman–Crippen MR) is 77.9 cm³/mol. The second-order valence-corrected chi connectivity index (χ2v) is 6.24. The van der Waals surface area contributed by atoms with Crippen molar-refractivity contribution in [3.63, 3.8) is 0 Å². The van der Waals surface area contributed by atoms with E-state index in [9.17, 15) is 4.79 Å². The van der Waals surface area contributed by atoms with E-state index in [1.807, 2.05) is 24.1 Å². The van der Waals surface area contributed by atoms with Crippen LogP contribution in [-0.2, 0) is 17.6 Å². The summed E-state index contributed by atoms with van der Waals surface area (Å²) in [5.41, 5.74) is 0.843. The first-order chi connectivity index (χ1) is 10.2. The highest BCUT2D eigenvalue weighted by molar-refractivity contribution is 7.09. The van der Waals surface area contributed by atoms with Crippen molar-refractivity contribution in [1.82, 2.24) is 20.0 Å². The number of likely N-dealkylation sites (tertiary alicyclic amines) is 1. The van der Waals surface area contributed by atoms with E-state index in [1.165, 1.54) is 0 Å². The molecule has 2 aromatic heterocycles. The summed E-state index contributed by atoms with van der Waals surface area (Å²) in [6.45, 7) is 4.67. The number of carbonyl (C=O) groups excluding carboxylic acids is 1. The summed E-state index contributed by atoms with van der Waals surface area (Å²) >= 11 is 1.57. The molecule has 2 aromatic rings. The number of hydrogen-bond donors (Lipinski definition) is 0. The van der Waals surface area contributed by atoms with E-state index in [4.69, 9.17) is 4.52 Å². The van der Waals surface area contributed by atoms with E-state index in [-0.39, 0.29) is 11.9 Å². The minimum Gasteiger partial charge on any atom is -0.339 e. The monoisotopic (exact) mass is 306 g/mol. The average molecular weight is 306 g/mol. The van der Waals surface area contributed by atoms with Gasteiger partial charge in [-0.15, -0.1) is 11.3 Å². The molecule has 1 saturated heterocycles. The topological polar surface area (TPSA) is 72.1 Å². The molecule has 7 heteroatoms. The lowest BCUT2D eigenvalue weighted by molar-refractivity contribution is -0.131. The van der Waals surface area contributed by atoms with Gasteiger partial charge in [0, 0.05) is 18.3 Å². The van der Waals surface area contributed by atoms with Gasteiger partial charge in [0.05, 0.1) is 23.2 Å². The Labute approximate surface area is 127 Å². The molecule has 6 nitrogen and oxygen atoms in total. The van der Waals surface area contributed by atoms with E-state index in [1.54, 1.807) is 11.3 Å². The Morgan fingerprint density at radius 3 is 3.05 bits per heavy atom. The van der Waals surface area contributed by atoms with Crippen molar-refractivity contribution >= 4 is 17.2 Å². The van der Waals surface area contributed by atoms with E-state index in [0.717, 1.165) is 30.1 Å². The Morgan fingerprint density at radius 1 is 1.52 bits per heavy atom. The largest absolute Gasteiger partial charge is 0.339 e. The van der Waals surface area contributed by atoms with Crippen LogP contribution in [-0.4, -0.2) is 32.5 Å². The second-order valence-electron chi connectivity index (χ2n) is 5.18. The van der Waals surface area contributed by atoms with Gasteiger partial charge in [-0.25, -0.2) is 4.98 Å². The van der Waals surface area contributed by atoms with Crippen molar-refractivity contribution in [3.05, 3.63) is 27.8 Å². The van der Waals surface area contributed by atoms with Crippen LogP contribution >= 0.6 is 11.3 Å². The summed E-state index contributed by atoms with van der Waals surface area (Å²) in [5.74, 6) is 1.34. The molecule has 0 bridgehead atoms. The number of carbonyl (C=O) groups is 1. The Hall–Kier alpha value is -1.76. The summed E-state index contributed by atoms with van der Waals surface area (Å²) < 4.78 is 5.17. The number of hydrogen-bond acceptors (Lipinski definition) is 6. The molecule has 1 aliphatic rings. The fraction of sp³-hybridized carbons (Fsp3) is 0.571. The molecule has 1 amide bonds. The zero-order valence-electron chi connectivity index (χ0n) is 12.2. The van der Waals surface area contributed by atoms with Gasteiger partial charge in [-0.1, -0.05) is 12.1 Å². The van der Waals surface area contributed by atoms with Crippen molar-refractivity contribution in [2.45, 2.75) is 45.6 Å². The smallest absolute Gasteiger partial charge is 0.229 e. The highest BCUT2D eigenvalue weighted by atomic mass is 32.1. The van der Waals surface area contributed by atoms with Gasteiger partial charge in [0.2, 0.25) is 11.8 Å². The Bertz CT molecular complexity index is 636. The lowest BCUT2D eigenvalue weighted by Crippen LogP contribution is -2.32. The molecule has 1 aliphatic heterocycles.